The van der Waals surface area contributed by atoms with Gasteiger partial charge in [0, 0.05) is 11.6 Å². The molecule has 0 aliphatic rings. The molecule has 1 aromatic heterocycles. The van der Waals surface area contributed by atoms with Crippen molar-refractivity contribution in [2.75, 3.05) is 0 Å². The number of amides is 1. The van der Waals surface area contributed by atoms with Gasteiger partial charge in [0.2, 0.25) is 5.91 Å². The smallest absolute Gasteiger partial charge is 0.234 e. The number of hydrogen-bond acceptors (Lipinski definition) is 4. The van der Waals surface area contributed by atoms with E-state index in [1.807, 2.05) is 12.3 Å². The lowest BCUT2D eigenvalue weighted by molar-refractivity contribution is -0.119. The van der Waals surface area contributed by atoms with Crippen molar-refractivity contribution >= 4 is 17.2 Å². The molecule has 0 aromatic carbocycles. The van der Waals surface area contributed by atoms with Gasteiger partial charge in [-0.1, -0.05) is 6.92 Å². The van der Waals surface area contributed by atoms with Gasteiger partial charge in [0.15, 0.2) is 0 Å². The highest BCUT2D eigenvalue weighted by Gasteiger charge is 2.17. The van der Waals surface area contributed by atoms with E-state index in [-0.39, 0.29) is 18.0 Å². The molecule has 4 nitrogen and oxygen atoms in total. The van der Waals surface area contributed by atoms with E-state index in [1.54, 1.807) is 24.5 Å². The Morgan fingerprint density at radius 2 is 2.50 bits per heavy atom. The molecule has 1 amide bonds. The first-order chi connectivity index (χ1) is 6.65. The molecule has 5 heteroatoms. The highest BCUT2D eigenvalue weighted by atomic mass is 32.1. The first-order valence-corrected chi connectivity index (χ1v) is 5.47. The lowest BCUT2D eigenvalue weighted by Crippen LogP contribution is -2.40. The Kier molecular flexibility index (Phi) is 4.03. The van der Waals surface area contributed by atoms with Crippen LogP contribution in [-0.4, -0.2) is 16.9 Å². The summed E-state index contributed by atoms with van der Waals surface area (Å²) in [5, 5.41) is 6.07. The molecule has 14 heavy (non-hydrogen) atoms. The first kappa shape index (κ1) is 11.1. The molecule has 0 aliphatic heterocycles. The van der Waals surface area contributed by atoms with Crippen LogP contribution >= 0.6 is 11.3 Å². The van der Waals surface area contributed by atoms with E-state index in [1.165, 1.54) is 0 Å². The molecule has 0 saturated carbocycles. The van der Waals surface area contributed by atoms with E-state index in [4.69, 9.17) is 5.73 Å². The number of aromatic nitrogens is 1. The van der Waals surface area contributed by atoms with Crippen molar-refractivity contribution in [3.63, 3.8) is 0 Å². The van der Waals surface area contributed by atoms with Gasteiger partial charge in [0.05, 0.1) is 12.1 Å². The second-order valence-corrected chi connectivity index (χ2v) is 4.05. The Balaban J connectivity index is 2.60. The average Bonchev–Trinajstić information content (AvgIpc) is 2.66. The van der Waals surface area contributed by atoms with Crippen LogP contribution in [0, 0.1) is 0 Å². The van der Waals surface area contributed by atoms with E-state index in [0.29, 0.717) is 0 Å². The first-order valence-electron chi connectivity index (χ1n) is 4.60. The van der Waals surface area contributed by atoms with E-state index in [9.17, 15) is 4.79 Å². The van der Waals surface area contributed by atoms with Crippen molar-refractivity contribution in [3.05, 3.63) is 16.6 Å². The number of carbonyl (C=O) groups is 1. The third-order valence-electron chi connectivity index (χ3n) is 2.04. The molecule has 0 radical (unpaired) electrons. The van der Waals surface area contributed by atoms with Gasteiger partial charge in [-0.25, -0.2) is 4.98 Å². The summed E-state index contributed by atoms with van der Waals surface area (Å²) in [5.41, 5.74) is 5.17. The van der Waals surface area contributed by atoms with Crippen LogP contribution in [0.15, 0.2) is 11.6 Å². The minimum absolute atomic E-state index is 0.123. The van der Waals surface area contributed by atoms with Gasteiger partial charge in [0.25, 0.3) is 0 Å². The highest BCUT2D eigenvalue weighted by molar-refractivity contribution is 7.09. The molecule has 0 aliphatic carbocycles. The zero-order valence-corrected chi connectivity index (χ0v) is 9.17. The van der Waals surface area contributed by atoms with Gasteiger partial charge in [-0.15, -0.1) is 11.3 Å². The molecular weight excluding hydrogens is 198 g/mol. The summed E-state index contributed by atoms with van der Waals surface area (Å²) in [6.07, 6.45) is 2.66. The van der Waals surface area contributed by atoms with Crippen LogP contribution in [0.4, 0.5) is 0 Å². The van der Waals surface area contributed by atoms with Crippen molar-refractivity contribution < 1.29 is 4.79 Å². The highest BCUT2D eigenvalue weighted by Crippen LogP contribution is 2.19. The standard InChI is InChI=1S/C9H15N3OS/c1-3-7(9-11-4-5-14-9)12-6(2)8(10)13/h4-7,12H,3H2,1-2H3,(H2,10,13). The summed E-state index contributed by atoms with van der Waals surface area (Å²) in [7, 11) is 0. The molecule has 1 aromatic rings. The van der Waals surface area contributed by atoms with Crippen LogP contribution in [0.1, 0.15) is 31.3 Å². The molecule has 1 heterocycles. The molecule has 1 rings (SSSR count). The summed E-state index contributed by atoms with van der Waals surface area (Å²) in [6.45, 7) is 3.81. The van der Waals surface area contributed by atoms with Gasteiger partial charge < -0.3 is 5.73 Å². The van der Waals surface area contributed by atoms with Crippen molar-refractivity contribution in [2.45, 2.75) is 32.4 Å². The predicted molar refractivity (Wildman–Crippen MR) is 56.9 cm³/mol. The molecule has 3 N–H and O–H groups in total. The lowest BCUT2D eigenvalue weighted by atomic mass is 10.2. The zero-order valence-electron chi connectivity index (χ0n) is 8.36. The molecule has 0 bridgehead atoms. The molecule has 2 unspecified atom stereocenters. The fraction of sp³-hybridized carbons (Fsp3) is 0.556. The topological polar surface area (TPSA) is 68.0 Å². The third kappa shape index (κ3) is 2.78. The number of nitrogens with zero attached hydrogens (tertiary/aromatic N) is 1. The second kappa shape index (κ2) is 5.07. The molecular formula is C9H15N3OS. The summed E-state index contributed by atoms with van der Waals surface area (Å²) in [6, 6.07) is -0.193. The maximum absolute atomic E-state index is 10.9. The largest absolute Gasteiger partial charge is 0.368 e. The number of carbonyl (C=O) groups excluding carboxylic acids is 1. The van der Waals surface area contributed by atoms with Crippen molar-refractivity contribution in [1.29, 1.82) is 0 Å². The normalized spacial score (nSPS) is 15.0. The van der Waals surface area contributed by atoms with Crippen LogP contribution in [-0.2, 0) is 4.79 Å². The predicted octanol–water partition coefficient (Wildman–Crippen LogP) is 1.06. The molecule has 2 atom stereocenters. The van der Waals surface area contributed by atoms with Gasteiger partial charge >= 0.3 is 0 Å². The number of rotatable bonds is 5. The molecule has 78 valence electrons. The van der Waals surface area contributed by atoms with Crippen molar-refractivity contribution in [2.24, 2.45) is 5.73 Å². The van der Waals surface area contributed by atoms with Crippen molar-refractivity contribution in [3.8, 4) is 0 Å². The molecule has 0 fully saturated rings. The van der Waals surface area contributed by atoms with E-state index in [2.05, 4.69) is 10.3 Å². The number of hydrogen-bond donors (Lipinski definition) is 2. The number of nitrogens with two attached hydrogens (primary N) is 1. The monoisotopic (exact) mass is 213 g/mol. The molecule has 0 spiro atoms. The van der Waals surface area contributed by atoms with Crippen LogP contribution < -0.4 is 11.1 Å². The average molecular weight is 213 g/mol. The Labute approximate surface area is 87.5 Å². The lowest BCUT2D eigenvalue weighted by Gasteiger charge is -2.17. The number of primary amides is 1. The SMILES string of the molecule is CCC(NC(C)C(N)=O)c1nccs1. The minimum atomic E-state index is -0.333. The Bertz CT molecular complexity index is 286. The van der Waals surface area contributed by atoms with E-state index < -0.39 is 0 Å². The second-order valence-electron chi connectivity index (χ2n) is 3.12. The number of thiazole rings is 1. The third-order valence-corrected chi connectivity index (χ3v) is 2.92. The van der Waals surface area contributed by atoms with Gasteiger partial charge in [0.1, 0.15) is 5.01 Å². The van der Waals surface area contributed by atoms with Gasteiger partial charge in [-0.2, -0.15) is 0 Å². The minimum Gasteiger partial charge on any atom is -0.368 e. The molecule has 0 saturated heterocycles. The fourth-order valence-corrected chi connectivity index (χ4v) is 1.94. The van der Waals surface area contributed by atoms with Crippen LogP contribution in [0.25, 0.3) is 0 Å². The van der Waals surface area contributed by atoms with Crippen molar-refractivity contribution in [1.82, 2.24) is 10.3 Å². The fourth-order valence-electron chi connectivity index (χ4n) is 1.15. The van der Waals surface area contributed by atoms with Gasteiger partial charge in [-0.3, -0.25) is 10.1 Å². The van der Waals surface area contributed by atoms with Crippen LogP contribution in [0.5, 0.6) is 0 Å². The Hall–Kier alpha value is -0.940. The number of nitrogens with one attached hydrogen (secondary N) is 1. The maximum atomic E-state index is 10.9. The van der Waals surface area contributed by atoms with Crippen LogP contribution in [0.3, 0.4) is 0 Å². The Morgan fingerprint density at radius 1 is 1.79 bits per heavy atom. The van der Waals surface area contributed by atoms with Crippen LogP contribution in [0.2, 0.25) is 0 Å². The zero-order chi connectivity index (χ0) is 10.6. The van der Waals surface area contributed by atoms with E-state index >= 15 is 0 Å². The quantitative estimate of drug-likeness (QED) is 0.768. The summed E-state index contributed by atoms with van der Waals surface area (Å²) >= 11 is 1.58. The summed E-state index contributed by atoms with van der Waals surface area (Å²) in [5.74, 6) is -0.333. The summed E-state index contributed by atoms with van der Waals surface area (Å²) in [4.78, 5) is 15.1. The Morgan fingerprint density at radius 3 is 2.93 bits per heavy atom. The summed E-state index contributed by atoms with van der Waals surface area (Å²) < 4.78 is 0. The van der Waals surface area contributed by atoms with E-state index in [0.717, 1.165) is 11.4 Å². The van der Waals surface area contributed by atoms with Gasteiger partial charge in [-0.05, 0) is 13.3 Å². The maximum Gasteiger partial charge on any atom is 0.234 e.